The van der Waals surface area contributed by atoms with E-state index in [4.69, 9.17) is 0 Å². The Bertz CT molecular complexity index is 1100. The molecule has 150 valence electrons. The second-order valence-electron chi connectivity index (χ2n) is 7.35. The number of rotatable bonds is 5. The molecule has 0 spiro atoms. The highest BCUT2D eigenvalue weighted by Gasteiger charge is 2.33. The van der Waals surface area contributed by atoms with Crippen molar-refractivity contribution in [1.29, 1.82) is 0 Å². The topological polar surface area (TPSA) is 49.4 Å². The van der Waals surface area contributed by atoms with Crippen LogP contribution in [-0.4, -0.2) is 16.8 Å². The van der Waals surface area contributed by atoms with Crippen molar-refractivity contribution in [2.45, 2.75) is 30.2 Å². The van der Waals surface area contributed by atoms with Gasteiger partial charge in [0.05, 0.1) is 6.54 Å². The zero-order valence-corrected chi connectivity index (χ0v) is 17.7. The van der Waals surface area contributed by atoms with E-state index in [1.165, 1.54) is 15.4 Å². The SMILES string of the molecule is Cc1ccc(CN2C(=O)N/C(=C\c3ccc(Sc4ccc(C)cc4)cc3)C2=O)cc1. The summed E-state index contributed by atoms with van der Waals surface area (Å²) in [7, 11) is 0. The van der Waals surface area contributed by atoms with E-state index in [1.54, 1.807) is 17.8 Å². The molecule has 1 N–H and O–H groups in total. The number of hydrogen-bond acceptors (Lipinski definition) is 3. The predicted molar refractivity (Wildman–Crippen MR) is 120 cm³/mol. The fourth-order valence-corrected chi connectivity index (χ4v) is 3.95. The minimum absolute atomic E-state index is 0.258. The van der Waals surface area contributed by atoms with Crippen LogP contribution in [0.15, 0.2) is 88.3 Å². The number of benzene rings is 3. The summed E-state index contributed by atoms with van der Waals surface area (Å²) in [4.78, 5) is 28.5. The van der Waals surface area contributed by atoms with Gasteiger partial charge in [-0.25, -0.2) is 4.79 Å². The number of urea groups is 1. The molecular weight excluding hydrogens is 392 g/mol. The number of carbonyl (C=O) groups is 2. The fourth-order valence-electron chi connectivity index (χ4n) is 3.13. The van der Waals surface area contributed by atoms with Crippen LogP contribution in [0.5, 0.6) is 0 Å². The molecule has 1 saturated heterocycles. The van der Waals surface area contributed by atoms with Crippen LogP contribution in [0.2, 0.25) is 0 Å². The molecule has 30 heavy (non-hydrogen) atoms. The maximum Gasteiger partial charge on any atom is 0.329 e. The highest BCUT2D eigenvalue weighted by molar-refractivity contribution is 7.99. The van der Waals surface area contributed by atoms with E-state index >= 15 is 0 Å². The lowest BCUT2D eigenvalue weighted by molar-refractivity contribution is -0.123. The van der Waals surface area contributed by atoms with Gasteiger partial charge in [-0.1, -0.05) is 71.4 Å². The Morgan fingerprint density at radius 2 is 1.33 bits per heavy atom. The second kappa shape index (κ2) is 8.59. The van der Waals surface area contributed by atoms with Gasteiger partial charge in [-0.05, 0) is 55.3 Å². The first-order valence-electron chi connectivity index (χ1n) is 9.72. The van der Waals surface area contributed by atoms with E-state index in [0.717, 1.165) is 21.6 Å². The van der Waals surface area contributed by atoms with E-state index in [2.05, 4.69) is 36.5 Å². The molecule has 0 aromatic heterocycles. The molecule has 0 aliphatic carbocycles. The van der Waals surface area contributed by atoms with E-state index in [0.29, 0.717) is 5.70 Å². The molecule has 0 atom stereocenters. The number of aryl methyl sites for hydroxylation is 2. The lowest BCUT2D eigenvalue weighted by Gasteiger charge is -2.11. The van der Waals surface area contributed by atoms with Crippen molar-refractivity contribution in [3.63, 3.8) is 0 Å². The highest BCUT2D eigenvalue weighted by Crippen LogP contribution is 2.28. The maximum absolute atomic E-state index is 12.7. The quantitative estimate of drug-likeness (QED) is 0.440. The zero-order chi connectivity index (χ0) is 21.1. The van der Waals surface area contributed by atoms with Crippen molar-refractivity contribution in [3.05, 3.63) is 101 Å². The Morgan fingerprint density at radius 3 is 1.93 bits per heavy atom. The first kappa shape index (κ1) is 20.0. The van der Waals surface area contributed by atoms with Gasteiger partial charge >= 0.3 is 6.03 Å². The van der Waals surface area contributed by atoms with Crippen molar-refractivity contribution in [3.8, 4) is 0 Å². The van der Waals surface area contributed by atoms with Crippen LogP contribution in [-0.2, 0) is 11.3 Å². The molecule has 3 amide bonds. The number of nitrogens with zero attached hydrogens (tertiary/aromatic N) is 1. The standard InChI is InChI=1S/C25H22N2O2S/c1-17-3-7-20(8-4-17)16-27-24(28)23(26-25(27)29)15-19-9-13-22(14-10-19)30-21-11-5-18(2)6-12-21/h3-15H,16H2,1-2H3,(H,26,29)/b23-15-. The van der Waals surface area contributed by atoms with Gasteiger partial charge in [-0.15, -0.1) is 0 Å². The summed E-state index contributed by atoms with van der Waals surface area (Å²) < 4.78 is 0. The molecule has 1 heterocycles. The van der Waals surface area contributed by atoms with Crippen LogP contribution >= 0.6 is 11.8 Å². The van der Waals surface area contributed by atoms with Crippen LogP contribution in [0.4, 0.5) is 4.79 Å². The summed E-state index contributed by atoms with van der Waals surface area (Å²) in [6, 6.07) is 23.7. The smallest absolute Gasteiger partial charge is 0.303 e. The Labute approximate surface area is 180 Å². The summed E-state index contributed by atoms with van der Waals surface area (Å²) in [5.41, 5.74) is 4.46. The third-order valence-corrected chi connectivity index (χ3v) is 5.89. The highest BCUT2D eigenvalue weighted by atomic mass is 32.2. The summed E-state index contributed by atoms with van der Waals surface area (Å²) in [6.07, 6.45) is 1.72. The molecule has 0 radical (unpaired) electrons. The first-order valence-corrected chi connectivity index (χ1v) is 10.5. The van der Waals surface area contributed by atoms with Gasteiger partial charge in [-0.2, -0.15) is 0 Å². The Morgan fingerprint density at radius 1 is 0.800 bits per heavy atom. The number of nitrogens with one attached hydrogen (secondary N) is 1. The largest absolute Gasteiger partial charge is 0.329 e. The van der Waals surface area contributed by atoms with Crippen LogP contribution in [0.1, 0.15) is 22.3 Å². The normalized spacial score (nSPS) is 15.0. The van der Waals surface area contributed by atoms with Crippen LogP contribution in [0, 0.1) is 13.8 Å². The number of imide groups is 1. The minimum atomic E-state index is -0.390. The first-order chi connectivity index (χ1) is 14.5. The van der Waals surface area contributed by atoms with Gasteiger partial charge in [0, 0.05) is 9.79 Å². The maximum atomic E-state index is 12.7. The monoisotopic (exact) mass is 414 g/mol. The lowest BCUT2D eigenvalue weighted by atomic mass is 10.1. The summed E-state index contributed by atoms with van der Waals surface area (Å²) >= 11 is 1.69. The molecular formula is C25H22N2O2S. The summed E-state index contributed by atoms with van der Waals surface area (Å²) in [5, 5.41) is 2.69. The molecule has 5 heteroatoms. The van der Waals surface area contributed by atoms with E-state index in [-0.39, 0.29) is 12.5 Å². The van der Waals surface area contributed by atoms with Crippen LogP contribution < -0.4 is 5.32 Å². The fraction of sp³-hybridized carbons (Fsp3) is 0.120. The summed E-state index contributed by atoms with van der Waals surface area (Å²) in [6.45, 7) is 4.33. The lowest BCUT2D eigenvalue weighted by Crippen LogP contribution is -2.30. The Balaban J connectivity index is 1.45. The molecule has 4 nitrogen and oxygen atoms in total. The summed E-state index contributed by atoms with van der Waals surface area (Å²) in [5.74, 6) is -0.307. The second-order valence-corrected chi connectivity index (χ2v) is 8.50. The zero-order valence-electron chi connectivity index (χ0n) is 16.9. The van der Waals surface area contributed by atoms with Crippen molar-refractivity contribution in [1.82, 2.24) is 10.2 Å². The third-order valence-electron chi connectivity index (χ3n) is 4.87. The molecule has 1 aliphatic heterocycles. The van der Waals surface area contributed by atoms with Gasteiger partial charge in [0.1, 0.15) is 5.70 Å². The van der Waals surface area contributed by atoms with Crippen LogP contribution in [0.3, 0.4) is 0 Å². The average Bonchev–Trinajstić information content (AvgIpc) is 3.00. The Hall–Kier alpha value is -3.31. The number of carbonyl (C=O) groups excluding carboxylic acids is 2. The van der Waals surface area contributed by atoms with Gasteiger partial charge in [0.25, 0.3) is 5.91 Å². The van der Waals surface area contributed by atoms with Gasteiger partial charge < -0.3 is 5.32 Å². The third kappa shape index (κ3) is 4.63. The average molecular weight is 415 g/mol. The van der Waals surface area contributed by atoms with E-state index < -0.39 is 6.03 Å². The van der Waals surface area contributed by atoms with E-state index in [9.17, 15) is 9.59 Å². The molecule has 1 fully saturated rings. The number of amides is 3. The van der Waals surface area contributed by atoms with Gasteiger partial charge in [-0.3, -0.25) is 9.69 Å². The molecule has 0 saturated carbocycles. The van der Waals surface area contributed by atoms with E-state index in [1.807, 2.05) is 55.5 Å². The molecule has 4 rings (SSSR count). The predicted octanol–water partition coefficient (Wildman–Crippen LogP) is 5.55. The minimum Gasteiger partial charge on any atom is -0.303 e. The molecule has 1 aliphatic rings. The Kier molecular flexibility index (Phi) is 5.72. The molecule has 3 aromatic rings. The van der Waals surface area contributed by atoms with Crippen molar-refractivity contribution in [2.24, 2.45) is 0 Å². The van der Waals surface area contributed by atoms with Crippen molar-refractivity contribution < 1.29 is 9.59 Å². The number of hydrogen-bond donors (Lipinski definition) is 1. The van der Waals surface area contributed by atoms with Crippen molar-refractivity contribution >= 4 is 29.8 Å². The van der Waals surface area contributed by atoms with Crippen molar-refractivity contribution in [2.75, 3.05) is 0 Å². The molecule has 3 aromatic carbocycles. The van der Waals surface area contributed by atoms with Gasteiger partial charge in [0.2, 0.25) is 0 Å². The van der Waals surface area contributed by atoms with Crippen LogP contribution in [0.25, 0.3) is 6.08 Å². The molecule has 0 unspecified atom stereocenters. The van der Waals surface area contributed by atoms with Gasteiger partial charge in [0.15, 0.2) is 0 Å². The molecule has 0 bridgehead atoms.